The maximum absolute atomic E-state index is 12.1. The molecular formula is C15H11BrOTe. The van der Waals surface area contributed by atoms with Gasteiger partial charge in [0.15, 0.2) is 0 Å². The first kappa shape index (κ1) is 13.5. The molecule has 0 fully saturated rings. The van der Waals surface area contributed by atoms with E-state index in [0.717, 1.165) is 14.7 Å². The van der Waals surface area contributed by atoms with Gasteiger partial charge in [-0.05, 0) is 0 Å². The van der Waals surface area contributed by atoms with E-state index in [1.807, 2.05) is 60.7 Å². The normalized spacial score (nSPS) is 11.3. The van der Waals surface area contributed by atoms with Gasteiger partial charge in [0.25, 0.3) is 0 Å². The van der Waals surface area contributed by atoms with Gasteiger partial charge in [-0.15, -0.1) is 0 Å². The van der Waals surface area contributed by atoms with Crippen LogP contribution in [0.25, 0.3) is 3.62 Å². The van der Waals surface area contributed by atoms with E-state index in [2.05, 4.69) is 12.8 Å². The molecule has 0 amide bonds. The van der Waals surface area contributed by atoms with Crippen LogP contribution in [0.4, 0.5) is 0 Å². The molecule has 0 atom stereocenters. The van der Waals surface area contributed by atoms with Crippen molar-refractivity contribution in [3.05, 3.63) is 77.9 Å². The zero-order valence-corrected chi connectivity index (χ0v) is 13.5. The number of hydrogen-bond acceptors (Lipinski definition) is 1. The maximum atomic E-state index is 12.1. The molecule has 0 aliphatic carbocycles. The fourth-order valence-corrected chi connectivity index (χ4v) is 4.51. The Morgan fingerprint density at radius 3 is 1.89 bits per heavy atom. The Hall–Kier alpha value is -0.880. The van der Waals surface area contributed by atoms with E-state index in [1.165, 1.54) is 0 Å². The summed E-state index contributed by atoms with van der Waals surface area (Å²) >= 11 is 3.08. The molecular weight excluding hydrogens is 404 g/mol. The van der Waals surface area contributed by atoms with E-state index in [0.29, 0.717) is 0 Å². The molecule has 0 aromatic heterocycles. The van der Waals surface area contributed by atoms with Crippen molar-refractivity contribution in [2.75, 3.05) is 0 Å². The predicted octanol–water partition coefficient (Wildman–Crippen LogP) is 3.92. The first-order valence-electron chi connectivity index (χ1n) is 5.46. The van der Waals surface area contributed by atoms with Crippen molar-refractivity contribution < 1.29 is 4.79 Å². The quantitative estimate of drug-likeness (QED) is 0.421. The summed E-state index contributed by atoms with van der Waals surface area (Å²) in [6.45, 7) is 0. The molecule has 0 radical (unpaired) electrons. The second-order valence-corrected chi connectivity index (χ2v) is 7.55. The topological polar surface area (TPSA) is 17.1 Å². The van der Waals surface area contributed by atoms with Crippen LogP contribution >= 0.6 is 12.8 Å². The number of hydrogen-bond donors (Lipinski definition) is 0. The molecule has 0 aliphatic heterocycles. The Kier molecular flexibility index (Phi) is 5.19. The average molecular weight is 415 g/mol. The number of halogens is 1. The first-order chi connectivity index (χ1) is 8.81. The van der Waals surface area contributed by atoms with Crippen molar-refractivity contribution in [3.63, 3.8) is 0 Å². The number of carbonyl (C=O) groups excluding carboxylic acids is 1. The zero-order valence-electron chi connectivity index (χ0n) is 9.55. The van der Waals surface area contributed by atoms with Crippen LogP contribution in [0.5, 0.6) is 0 Å². The van der Waals surface area contributed by atoms with E-state index in [9.17, 15) is 4.79 Å². The van der Waals surface area contributed by atoms with Crippen LogP contribution in [0, 0.1) is 0 Å². The van der Waals surface area contributed by atoms with Crippen molar-refractivity contribution in [2.45, 2.75) is 0 Å². The second kappa shape index (κ2) is 6.89. The van der Waals surface area contributed by atoms with E-state index in [1.54, 1.807) is 6.08 Å². The molecule has 0 spiro atoms. The molecule has 0 N–H and O–H groups in total. The molecule has 0 saturated carbocycles. The second-order valence-electron chi connectivity index (χ2n) is 3.68. The van der Waals surface area contributed by atoms with Gasteiger partial charge >= 0.3 is 124 Å². The van der Waals surface area contributed by atoms with Crippen molar-refractivity contribution >= 4 is 40.9 Å². The Morgan fingerprint density at radius 2 is 1.39 bits per heavy atom. The van der Waals surface area contributed by atoms with E-state index in [-0.39, 0.29) is 5.78 Å². The summed E-state index contributed by atoms with van der Waals surface area (Å²) in [6, 6.07) is 19.4. The molecule has 3 heteroatoms. The minimum atomic E-state index is -0.487. The van der Waals surface area contributed by atoms with Crippen LogP contribution in [0.15, 0.2) is 66.7 Å². The molecule has 0 bridgehead atoms. The summed E-state index contributed by atoms with van der Waals surface area (Å²) in [5.41, 5.74) is 1.86. The third-order valence-electron chi connectivity index (χ3n) is 2.46. The van der Waals surface area contributed by atoms with Gasteiger partial charge in [-0.25, -0.2) is 0 Å². The molecule has 2 aromatic rings. The number of ketones is 1. The van der Waals surface area contributed by atoms with Gasteiger partial charge in [-0.3, -0.25) is 0 Å². The third kappa shape index (κ3) is 3.55. The zero-order chi connectivity index (χ0) is 12.8. The average Bonchev–Trinajstić information content (AvgIpc) is 2.46. The van der Waals surface area contributed by atoms with Crippen molar-refractivity contribution in [1.29, 1.82) is 0 Å². The summed E-state index contributed by atoms with van der Waals surface area (Å²) < 4.78 is 1.12. The molecule has 1 nitrogen and oxygen atoms in total. The standard InChI is InChI=1S/C15H11BrOTe/c16-18-15(13-9-5-2-6-10-13)11-14(17)12-7-3-1-4-8-12/h1-11H/b15-11-. The van der Waals surface area contributed by atoms with Gasteiger partial charge in [0.1, 0.15) is 0 Å². The number of rotatable bonds is 4. The Balaban J connectivity index is 2.29. The van der Waals surface area contributed by atoms with Crippen LogP contribution in [0.2, 0.25) is 0 Å². The van der Waals surface area contributed by atoms with Gasteiger partial charge in [-0.1, -0.05) is 0 Å². The summed E-state index contributed by atoms with van der Waals surface area (Å²) in [5.74, 6) is 0.0685. The number of allylic oxidation sites excluding steroid dienone is 1. The molecule has 90 valence electrons. The summed E-state index contributed by atoms with van der Waals surface area (Å²) in [6.07, 6.45) is 1.75. The van der Waals surface area contributed by atoms with E-state index < -0.39 is 18.7 Å². The summed E-state index contributed by atoms with van der Waals surface area (Å²) in [7, 11) is 0. The SMILES string of the molecule is O=C(/C=C(\[Te]Br)c1ccccc1)c1ccccc1. The van der Waals surface area contributed by atoms with Crippen molar-refractivity contribution in [1.82, 2.24) is 0 Å². The molecule has 0 aliphatic rings. The van der Waals surface area contributed by atoms with Crippen LogP contribution in [-0.2, 0) is 0 Å². The number of carbonyl (C=O) groups is 1. The van der Waals surface area contributed by atoms with Crippen molar-refractivity contribution in [3.8, 4) is 0 Å². The van der Waals surface area contributed by atoms with Crippen LogP contribution in [0.3, 0.4) is 0 Å². The monoisotopic (exact) mass is 416 g/mol. The molecule has 2 rings (SSSR count). The van der Waals surface area contributed by atoms with Gasteiger partial charge in [0, 0.05) is 0 Å². The van der Waals surface area contributed by atoms with Crippen LogP contribution < -0.4 is 0 Å². The molecule has 0 saturated heterocycles. The minimum absolute atomic E-state index is 0.0685. The van der Waals surface area contributed by atoms with Crippen LogP contribution in [0.1, 0.15) is 15.9 Å². The molecule has 2 aromatic carbocycles. The fraction of sp³-hybridized carbons (Fsp3) is 0. The van der Waals surface area contributed by atoms with Gasteiger partial charge in [0.2, 0.25) is 0 Å². The van der Waals surface area contributed by atoms with E-state index in [4.69, 9.17) is 0 Å². The Labute approximate surface area is 123 Å². The molecule has 0 heterocycles. The molecule has 0 unspecified atom stereocenters. The Morgan fingerprint density at radius 1 is 0.889 bits per heavy atom. The summed E-state index contributed by atoms with van der Waals surface area (Å²) in [4.78, 5) is 12.1. The van der Waals surface area contributed by atoms with Gasteiger partial charge in [-0.2, -0.15) is 0 Å². The summed E-state index contributed by atoms with van der Waals surface area (Å²) in [5, 5.41) is 0. The third-order valence-corrected chi connectivity index (χ3v) is 6.29. The molecule has 18 heavy (non-hydrogen) atoms. The first-order valence-corrected chi connectivity index (χ1v) is 11.9. The van der Waals surface area contributed by atoms with Crippen LogP contribution in [-0.4, -0.2) is 24.5 Å². The van der Waals surface area contributed by atoms with Gasteiger partial charge in [0.05, 0.1) is 0 Å². The van der Waals surface area contributed by atoms with E-state index >= 15 is 0 Å². The Bertz CT molecular complexity index is 549. The van der Waals surface area contributed by atoms with Crippen molar-refractivity contribution in [2.24, 2.45) is 0 Å². The fourth-order valence-electron chi connectivity index (χ4n) is 1.56. The number of benzene rings is 2. The van der Waals surface area contributed by atoms with Gasteiger partial charge < -0.3 is 0 Å². The predicted molar refractivity (Wildman–Crippen MR) is 79.9 cm³/mol.